The second-order valence-electron chi connectivity index (χ2n) is 6.14. The molecule has 128 valence electrons. The molecule has 1 aliphatic rings. The number of anilines is 1. The van der Waals surface area contributed by atoms with Gasteiger partial charge in [-0.3, -0.25) is 4.79 Å². The maximum Gasteiger partial charge on any atom is 0.265 e. The summed E-state index contributed by atoms with van der Waals surface area (Å²) in [5, 5.41) is 2.74. The molecule has 1 atom stereocenters. The topological polar surface area (TPSA) is 84.5 Å². The predicted octanol–water partition coefficient (Wildman–Crippen LogP) is 2.51. The first-order valence-electron chi connectivity index (χ1n) is 7.94. The van der Waals surface area contributed by atoms with Crippen LogP contribution in [0.5, 0.6) is 5.75 Å². The third kappa shape index (κ3) is 4.45. The van der Waals surface area contributed by atoms with Crippen molar-refractivity contribution in [3.63, 3.8) is 0 Å². The van der Waals surface area contributed by atoms with Gasteiger partial charge < -0.3 is 10.1 Å². The van der Waals surface area contributed by atoms with E-state index in [-0.39, 0.29) is 16.7 Å². The highest BCUT2D eigenvalue weighted by atomic mass is 32.2. The maximum absolute atomic E-state index is 12.2. The summed E-state index contributed by atoms with van der Waals surface area (Å²) in [6.07, 6.45) is 2.03. The number of carbonyl (C=O) groups is 1. The zero-order valence-corrected chi connectivity index (χ0v) is 14.6. The van der Waals surface area contributed by atoms with Crippen LogP contribution in [0.1, 0.15) is 40.0 Å². The molecule has 1 aromatic rings. The Morgan fingerprint density at radius 3 is 2.74 bits per heavy atom. The Bertz CT molecular complexity index is 671. The SMILES string of the molecule is CCCCC1Oc2ccc(S(=O)(=O)NCC(C)C)cc2NC1=O. The number of nitrogens with one attached hydrogen (secondary N) is 2. The molecule has 0 saturated carbocycles. The Morgan fingerprint density at radius 1 is 1.35 bits per heavy atom. The smallest absolute Gasteiger partial charge is 0.265 e. The summed E-state index contributed by atoms with van der Waals surface area (Å²) in [5.41, 5.74) is 0.398. The highest BCUT2D eigenvalue weighted by Crippen LogP contribution is 2.32. The first-order valence-corrected chi connectivity index (χ1v) is 9.43. The summed E-state index contributed by atoms with van der Waals surface area (Å²) in [4.78, 5) is 12.2. The van der Waals surface area contributed by atoms with Crippen molar-refractivity contribution in [3.8, 4) is 5.75 Å². The van der Waals surface area contributed by atoms with Crippen LogP contribution in [0.4, 0.5) is 5.69 Å². The molecule has 0 fully saturated rings. The first kappa shape index (κ1) is 17.7. The normalized spacial score (nSPS) is 17.6. The van der Waals surface area contributed by atoms with E-state index in [4.69, 9.17) is 4.74 Å². The highest BCUT2D eigenvalue weighted by molar-refractivity contribution is 7.89. The summed E-state index contributed by atoms with van der Waals surface area (Å²) in [7, 11) is -3.59. The fourth-order valence-electron chi connectivity index (χ4n) is 2.24. The number of ether oxygens (including phenoxy) is 1. The van der Waals surface area contributed by atoms with Gasteiger partial charge in [0, 0.05) is 6.54 Å². The van der Waals surface area contributed by atoms with Gasteiger partial charge in [-0.25, -0.2) is 13.1 Å². The fourth-order valence-corrected chi connectivity index (χ4v) is 3.48. The molecule has 1 heterocycles. The van der Waals surface area contributed by atoms with Crippen molar-refractivity contribution in [2.45, 2.75) is 51.0 Å². The van der Waals surface area contributed by atoms with Crippen molar-refractivity contribution in [1.29, 1.82) is 0 Å². The molecule has 0 aliphatic carbocycles. The van der Waals surface area contributed by atoms with Crippen LogP contribution in [0.3, 0.4) is 0 Å². The Kier molecular flexibility index (Phi) is 5.64. The number of rotatable bonds is 7. The minimum atomic E-state index is -3.59. The molecule has 0 radical (unpaired) electrons. The highest BCUT2D eigenvalue weighted by Gasteiger charge is 2.28. The number of benzene rings is 1. The minimum Gasteiger partial charge on any atom is -0.478 e. The van der Waals surface area contributed by atoms with E-state index in [0.717, 1.165) is 12.8 Å². The van der Waals surface area contributed by atoms with Crippen molar-refractivity contribution < 1.29 is 17.9 Å². The molecule has 1 unspecified atom stereocenters. The Labute approximate surface area is 137 Å². The van der Waals surface area contributed by atoms with E-state index in [9.17, 15) is 13.2 Å². The van der Waals surface area contributed by atoms with Crippen LogP contribution < -0.4 is 14.8 Å². The summed E-state index contributed by atoms with van der Waals surface area (Å²) in [6, 6.07) is 4.53. The first-order chi connectivity index (χ1) is 10.8. The monoisotopic (exact) mass is 340 g/mol. The maximum atomic E-state index is 12.2. The second-order valence-corrected chi connectivity index (χ2v) is 7.91. The molecular formula is C16H24N2O4S. The number of carbonyl (C=O) groups excluding carboxylic acids is 1. The molecule has 6 nitrogen and oxygen atoms in total. The summed E-state index contributed by atoms with van der Waals surface area (Å²) in [5.74, 6) is 0.494. The van der Waals surface area contributed by atoms with Gasteiger partial charge in [-0.1, -0.05) is 27.2 Å². The van der Waals surface area contributed by atoms with E-state index in [1.54, 1.807) is 6.07 Å². The molecule has 2 N–H and O–H groups in total. The molecule has 1 aliphatic heterocycles. The minimum absolute atomic E-state index is 0.118. The van der Waals surface area contributed by atoms with Gasteiger partial charge in [0.15, 0.2) is 6.10 Å². The summed E-state index contributed by atoms with van der Waals surface area (Å²) < 4.78 is 32.7. The lowest BCUT2D eigenvalue weighted by Crippen LogP contribution is -2.37. The van der Waals surface area contributed by atoms with Crippen LogP contribution in [0, 0.1) is 5.92 Å². The van der Waals surface area contributed by atoms with E-state index in [1.165, 1.54) is 12.1 Å². The lowest BCUT2D eigenvalue weighted by atomic mass is 10.1. The quantitative estimate of drug-likeness (QED) is 0.799. The van der Waals surface area contributed by atoms with Crippen LogP contribution in [0.2, 0.25) is 0 Å². The second kappa shape index (κ2) is 7.31. The van der Waals surface area contributed by atoms with Crippen LogP contribution in [-0.2, 0) is 14.8 Å². The number of hydrogen-bond acceptors (Lipinski definition) is 4. The molecule has 0 bridgehead atoms. The van der Waals surface area contributed by atoms with Crippen LogP contribution in [-0.4, -0.2) is 27.0 Å². The Hall–Kier alpha value is -1.60. The average molecular weight is 340 g/mol. The van der Waals surface area contributed by atoms with Gasteiger partial charge in [0.05, 0.1) is 10.6 Å². The zero-order chi connectivity index (χ0) is 17.0. The zero-order valence-electron chi connectivity index (χ0n) is 13.8. The number of hydrogen-bond donors (Lipinski definition) is 2. The van der Waals surface area contributed by atoms with Crippen molar-refractivity contribution >= 4 is 21.6 Å². The van der Waals surface area contributed by atoms with E-state index >= 15 is 0 Å². The third-order valence-corrected chi connectivity index (χ3v) is 5.00. The van der Waals surface area contributed by atoms with E-state index in [2.05, 4.69) is 17.0 Å². The van der Waals surface area contributed by atoms with Crippen LogP contribution in [0.25, 0.3) is 0 Å². The van der Waals surface area contributed by atoms with Gasteiger partial charge >= 0.3 is 0 Å². The lowest BCUT2D eigenvalue weighted by Gasteiger charge is -2.26. The molecule has 0 aromatic heterocycles. The number of unbranched alkanes of at least 4 members (excludes halogenated alkanes) is 1. The number of sulfonamides is 1. The third-order valence-electron chi connectivity index (χ3n) is 3.58. The Balaban J connectivity index is 2.18. The molecule has 7 heteroatoms. The van der Waals surface area contributed by atoms with Gasteiger partial charge in [0.2, 0.25) is 10.0 Å². The molecule has 1 aromatic carbocycles. The van der Waals surface area contributed by atoms with Gasteiger partial charge in [-0.2, -0.15) is 0 Å². The molecular weight excluding hydrogens is 316 g/mol. The molecule has 0 spiro atoms. The van der Waals surface area contributed by atoms with Crippen molar-refractivity contribution in [3.05, 3.63) is 18.2 Å². The van der Waals surface area contributed by atoms with Crippen LogP contribution >= 0.6 is 0 Å². The van der Waals surface area contributed by atoms with Crippen molar-refractivity contribution in [1.82, 2.24) is 4.72 Å². The largest absolute Gasteiger partial charge is 0.478 e. The number of amides is 1. The summed E-state index contributed by atoms with van der Waals surface area (Å²) in [6.45, 7) is 6.27. The Morgan fingerprint density at radius 2 is 2.09 bits per heavy atom. The van der Waals surface area contributed by atoms with Gasteiger partial charge in [-0.05, 0) is 37.0 Å². The van der Waals surface area contributed by atoms with Gasteiger partial charge in [-0.15, -0.1) is 0 Å². The predicted molar refractivity (Wildman–Crippen MR) is 89.0 cm³/mol. The van der Waals surface area contributed by atoms with Crippen molar-refractivity contribution in [2.24, 2.45) is 5.92 Å². The van der Waals surface area contributed by atoms with Crippen LogP contribution in [0.15, 0.2) is 23.1 Å². The molecule has 0 saturated heterocycles. The number of fused-ring (bicyclic) bond motifs is 1. The summed E-state index contributed by atoms with van der Waals surface area (Å²) >= 11 is 0. The molecule has 2 rings (SSSR count). The molecule has 1 amide bonds. The standard InChI is InChI=1S/C16H24N2O4S/c1-4-5-6-15-16(19)18-13-9-12(7-8-14(13)22-15)23(20,21)17-10-11(2)3/h7-9,11,15,17H,4-6,10H2,1-3H3,(H,18,19). The van der Waals surface area contributed by atoms with Gasteiger partial charge in [0.1, 0.15) is 5.75 Å². The van der Waals surface area contributed by atoms with E-state index < -0.39 is 16.1 Å². The fraction of sp³-hybridized carbons (Fsp3) is 0.562. The van der Waals surface area contributed by atoms with E-state index in [1.807, 2.05) is 13.8 Å². The van der Waals surface area contributed by atoms with E-state index in [0.29, 0.717) is 24.4 Å². The van der Waals surface area contributed by atoms with Crippen molar-refractivity contribution in [2.75, 3.05) is 11.9 Å². The van der Waals surface area contributed by atoms with Gasteiger partial charge in [0.25, 0.3) is 5.91 Å². The lowest BCUT2D eigenvalue weighted by molar-refractivity contribution is -0.123. The molecule has 23 heavy (non-hydrogen) atoms. The average Bonchev–Trinajstić information content (AvgIpc) is 2.50.